The minimum atomic E-state index is -2.45. The number of anilines is 2. The second kappa shape index (κ2) is 52.1. The Hall–Kier alpha value is -8.93. The summed E-state index contributed by atoms with van der Waals surface area (Å²) in [6.07, 6.45) is 15.0. The van der Waals surface area contributed by atoms with Gasteiger partial charge in [0.2, 0.25) is 11.7 Å². The molecule has 1 aliphatic carbocycles. The Balaban J connectivity index is 0.548. The first kappa shape index (κ1) is 103. The van der Waals surface area contributed by atoms with Crippen molar-refractivity contribution in [3.05, 3.63) is 119 Å². The molecule has 0 spiro atoms. The number of Topliss-reactive ketones (excluding diaryl/α,β-unsaturated/α-hetero) is 1. The maximum atomic E-state index is 14.7. The predicted octanol–water partition coefficient (Wildman–Crippen LogP) is 8.84. The normalized spacial score (nSPS) is 27.5. The minimum absolute atomic E-state index is 0.00471. The number of amides is 2. The predicted molar refractivity (Wildman–Crippen MR) is 486 cm³/mol. The summed E-state index contributed by atoms with van der Waals surface area (Å²) in [5.41, 5.74) is 21.0. The van der Waals surface area contributed by atoms with Gasteiger partial charge in [0.25, 0.3) is 17.7 Å². The average molecular weight is 1830 g/mol. The van der Waals surface area contributed by atoms with Gasteiger partial charge in [0.15, 0.2) is 17.8 Å². The molecule has 0 radical (unpaired) electrons. The van der Waals surface area contributed by atoms with E-state index < -0.39 is 84.1 Å². The second-order valence-corrected chi connectivity index (χ2v) is 35.2. The number of oxime groups is 1. The van der Waals surface area contributed by atoms with Crippen molar-refractivity contribution in [2.75, 3.05) is 152 Å². The third-order valence-corrected chi connectivity index (χ3v) is 25.4. The van der Waals surface area contributed by atoms with E-state index in [1.165, 1.54) is 23.9 Å². The van der Waals surface area contributed by atoms with Crippen LogP contribution in [0.25, 0.3) is 33.4 Å². The van der Waals surface area contributed by atoms with E-state index in [1.807, 2.05) is 73.7 Å². The van der Waals surface area contributed by atoms with Gasteiger partial charge in [-0.15, -0.1) is 5.10 Å². The van der Waals surface area contributed by atoms with E-state index in [2.05, 4.69) is 61.6 Å². The highest BCUT2D eigenvalue weighted by Crippen LogP contribution is 2.40. The van der Waals surface area contributed by atoms with Crippen molar-refractivity contribution in [2.45, 2.75) is 225 Å². The third-order valence-electron chi connectivity index (χ3n) is 25.4. The van der Waals surface area contributed by atoms with Gasteiger partial charge >= 0.3 is 5.97 Å². The maximum Gasteiger partial charge on any atom is 0.329 e. The first-order valence-electron chi connectivity index (χ1n) is 46.3. The highest BCUT2D eigenvalue weighted by molar-refractivity contribution is 6.39. The van der Waals surface area contributed by atoms with E-state index in [4.69, 9.17) is 87.4 Å². The fraction of sp³-hybridized carbons (Fsp3) is 0.653. The first-order valence-corrected chi connectivity index (χ1v) is 46.3. The van der Waals surface area contributed by atoms with Crippen LogP contribution in [0.2, 0.25) is 0 Å². The van der Waals surface area contributed by atoms with Gasteiger partial charge in [-0.25, -0.2) is 24.1 Å². The number of carbonyl (C=O) groups is 4. The number of esters is 1. The number of cyclic esters (lactones) is 1. The fourth-order valence-corrected chi connectivity index (χ4v) is 17.7. The molecule has 722 valence electrons. The van der Waals surface area contributed by atoms with Gasteiger partial charge in [-0.2, -0.15) is 10.1 Å². The van der Waals surface area contributed by atoms with Crippen molar-refractivity contribution in [1.82, 2.24) is 49.5 Å². The molecule has 11 rings (SSSR count). The van der Waals surface area contributed by atoms with Crippen molar-refractivity contribution in [3.8, 4) is 11.3 Å². The molecule has 3 fully saturated rings. The number of methoxy groups -OCH3 is 3. The number of oxazole rings is 1. The third kappa shape index (κ3) is 29.8. The number of hydrogen-bond donors (Lipinski definition) is 6. The van der Waals surface area contributed by atoms with Gasteiger partial charge in [-0.05, 0) is 148 Å². The molecule has 16 atom stereocenters. The Labute approximate surface area is 767 Å². The largest absolute Gasteiger partial charge is 0.460 e. The lowest BCUT2D eigenvalue weighted by atomic mass is 9.78. The molecule has 4 aliphatic heterocycles. The van der Waals surface area contributed by atoms with Crippen molar-refractivity contribution < 1.29 is 110 Å². The highest BCUT2D eigenvalue weighted by Gasteiger charge is 2.53. The number of nitrogen functional groups attached to an aromatic ring is 2. The molecule has 5 aliphatic rings. The number of hydrogen-bond acceptors (Lipinski definition) is 32. The zero-order chi connectivity index (χ0) is 93.4. The number of aliphatic hydroxyl groups is 4. The number of aliphatic hydroxyl groups excluding tert-OH is 3. The summed E-state index contributed by atoms with van der Waals surface area (Å²) in [5, 5.41) is 66.3. The second-order valence-electron chi connectivity index (χ2n) is 35.2. The Bertz CT molecular complexity index is 4750. The lowest BCUT2D eigenvalue weighted by Gasteiger charge is -2.43. The van der Waals surface area contributed by atoms with E-state index >= 15 is 0 Å². The quantitative estimate of drug-likeness (QED) is 0.00689. The SMILES string of the molecule is CO[C@H]1C[C@@H]2CC[C@@H](C)[C@@](O)(O2)C(=O)C(=O)N2CCCC[C@H]2C(=O)O[C@H]([C@H](C)C[C@@H]2CC[C@@H](O)[C@H](OC)C2)C[C@@H](O)[C@H](C)/C=C(\C)[C@@H](O)[C@@H](OC)C(=NOCc2cn(CCOCCOCCOCCOCCOCCOCCOCCOCCC(=O)N3CCc4cc(Cn5nc(-c6ccc7oc(N)nc7c6)c6c(N)ncnc65)ccc4C3)nn2)[C@H](C)C[C@H](C)/C=C/C=C/C=C/1C. The number of piperidine rings is 1. The molecule has 4 aromatic heterocycles. The molecule has 2 saturated heterocycles. The Morgan fingerprint density at radius 2 is 1.41 bits per heavy atom. The van der Waals surface area contributed by atoms with Gasteiger partial charge in [0.1, 0.15) is 53.4 Å². The molecule has 131 heavy (non-hydrogen) atoms. The smallest absolute Gasteiger partial charge is 0.329 e. The van der Waals surface area contributed by atoms with Crippen molar-refractivity contribution in [3.63, 3.8) is 0 Å². The molecule has 8 heterocycles. The summed E-state index contributed by atoms with van der Waals surface area (Å²) in [5.74, 6) is -6.80. The van der Waals surface area contributed by atoms with Gasteiger partial charge in [0.05, 0.1) is 173 Å². The number of ketones is 1. The van der Waals surface area contributed by atoms with Gasteiger partial charge < -0.3 is 113 Å². The lowest BCUT2D eigenvalue weighted by Crippen LogP contribution is -2.61. The summed E-state index contributed by atoms with van der Waals surface area (Å²) in [6.45, 7) is 21.5. The number of fused-ring (bicyclic) bond motifs is 6. The number of aromatic nitrogens is 8. The van der Waals surface area contributed by atoms with Gasteiger partial charge in [-0.1, -0.05) is 99.6 Å². The standard InChI is InChI=1S/C95H139N13O23/c1-61-16-12-11-13-17-62(2)80(117-8)54-74-24-19-67(7)95(116,131-74)89(113)92(114)107-29-15-14-18-76(107)93(115)129-81(64(4)50-68-21-25-77(109)82(52-68)118-9)55-78(110)63(3)49-66(6)87(112)88(119-10)85(65(5)48-61)103-128-59-73-58-106(104-101-73)31-33-121-35-37-123-39-41-125-43-45-127-47-46-126-44-42-124-40-38-122-36-34-120-32-28-83(111)105-30-27-70-51-69(20-22-72(70)57-105)56-108-91-84(90(96)98-60-99-91)86(102-108)71-23-26-79-75(53-71)100-94(97)130-79/h11-13,16-17,20,22-23,26,49,51,53,58,60-61,63-65,67-68,74,76-78,80-82,87-88,109-110,112,116H,14-15,18-19,21,24-25,27-48,50,52,54-57,59H2,1-10H3,(H2,97,100)(H2,96,98,99)/b13-11+,16-12+,62-17+,66-49+,103-85?/t61-,63-,64-,65-,67-,68+,74+,76+,77-,78-,80+,81+,82-,87-,88+,95-/m1/s1. The number of allylic oxidation sites excluding steroid dienone is 5. The number of benzene rings is 2. The van der Waals surface area contributed by atoms with Crippen LogP contribution in [0.5, 0.6) is 0 Å². The molecule has 0 unspecified atom stereocenters. The molecule has 2 amide bonds. The summed E-state index contributed by atoms with van der Waals surface area (Å²) in [7, 11) is 4.66. The molecule has 2 bridgehead atoms. The molecule has 36 nitrogen and oxygen atoms in total. The summed E-state index contributed by atoms with van der Waals surface area (Å²) >= 11 is 0. The zero-order valence-corrected chi connectivity index (χ0v) is 77.8. The summed E-state index contributed by atoms with van der Waals surface area (Å²) in [6, 6.07) is 10.8. The number of nitrogens with zero attached hydrogens (tertiary/aromatic N) is 11. The van der Waals surface area contributed by atoms with Crippen LogP contribution in [0.15, 0.2) is 106 Å². The van der Waals surface area contributed by atoms with Gasteiger partial charge in [0, 0.05) is 77.1 Å². The van der Waals surface area contributed by atoms with Gasteiger partial charge in [-0.3, -0.25) is 14.4 Å². The average Bonchev–Trinajstić information content (AvgIpc) is 1.63. The molecule has 36 heteroatoms. The molecule has 2 aromatic carbocycles. The Kier molecular flexibility index (Phi) is 40.8. The van der Waals surface area contributed by atoms with Crippen LogP contribution in [0, 0.1) is 35.5 Å². The van der Waals surface area contributed by atoms with E-state index in [9.17, 15) is 39.6 Å². The fourth-order valence-electron chi connectivity index (χ4n) is 17.7. The lowest BCUT2D eigenvalue weighted by molar-refractivity contribution is -0.265. The topological polar surface area (TPSA) is 450 Å². The van der Waals surface area contributed by atoms with Crippen LogP contribution in [0.3, 0.4) is 0 Å². The number of rotatable bonds is 39. The maximum absolute atomic E-state index is 14.7. The van der Waals surface area contributed by atoms with E-state index in [1.54, 1.807) is 51.1 Å². The van der Waals surface area contributed by atoms with Crippen LogP contribution in [-0.2, 0) is 118 Å². The zero-order valence-electron chi connectivity index (χ0n) is 77.8. The Morgan fingerprint density at radius 1 is 0.718 bits per heavy atom. The number of ether oxygens (including phenoxy) is 13. The monoisotopic (exact) mass is 1830 g/mol. The van der Waals surface area contributed by atoms with Crippen LogP contribution in [-0.4, -0.2) is 300 Å². The summed E-state index contributed by atoms with van der Waals surface area (Å²) < 4.78 is 84.8. The molecular weight excluding hydrogens is 1690 g/mol. The molecule has 1 saturated carbocycles. The summed E-state index contributed by atoms with van der Waals surface area (Å²) in [4.78, 5) is 79.2. The van der Waals surface area contributed by atoms with E-state index in [-0.39, 0.29) is 74.1 Å². The molecule has 6 aromatic rings. The van der Waals surface area contributed by atoms with Crippen LogP contribution < -0.4 is 11.5 Å². The van der Waals surface area contributed by atoms with E-state index in [0.29, 0.717) is 240 Å². The number of carbonyl (C=O) groups excluding carboxylic acids is 4. The first-order chi connectivity index (χ1) is 63.3. The Morgan fingerprint density at radius 3 is 2.10 bits per heavy atom. The minimum Gasteiger partial charge on any atom is -0.460 e. The van der Waals surface area contributed by atoms with Crippen LogP contribution in [0.1, 0.15) is 154 Å². The molecule has 8 N–H and O–H groups in total. The molecular formula is C95H139N13O23. The highest BCUT2D eigenvalue weighted by atomic mass is 16.6. The van der Waals surface area contributed by atoms with Crippen molar-refractivity contribution >= 4 is 63.2 Å². The van der Waals surface area contributed by atoms with E-state index in [0.717, 1.165) is 35.1 Å². The number of nitrogens with two attached hydrogens (primary N) is 2. The van der Waals surface area contributed by atoms with Crippen molar-refractivity contribution in [1.29, 1.82) is 0 Å². The van der Waals surface area contributed by atoms with Crippen LogP contribution in [0.4, 0.5) is 11.8 Å². The van der Waals surface area contributed by atoms with Crippen molar-refractivity contribution in [2.24, 2.45) is 40.7 Å². The van der Waals surface area contributed by atoms with Crippen LogP contribution >= 0.6 is 0 Å².